The molecular weight excluding hydrogens is 851 g/mol. The Morgan fingerprint density at radius 2 is 1.14 bits per heavy atom. The smallest absolute Gasteiger partial charge is 0.186 e. The number of alkyl halides is 2. The molecule has 2 aromatic carbocycles. The molecule has 1 fully saturated rings. The van der Waals surface area contributed by atoms with E-state index >= 15 is 0 Å². The first-order chi connectivity index (χ1) is 19.5. The highest BCUT2D eigenvalue weighted by Crippen LogP contribution is 2.54. The van der Waals surface area contributed by atoms with Crippen LogP contribution in [0.1, 0.15) is 98.6 Å². The first-order valence-electron chi connectivity index (χ1n) is 13.5. The molecule has 0 aliphatic heterocycles. The number of carbonyl (C=O) groups excluding carboxylic acids is 4. The molecule has 0 aromatic heterocycles. The van der Waals surface area contributed by atoms with Crippen molar-refractivity contribution in [3.05, 3.63) is 66.5 Å². The summed E-state index contributed by atoms with van der Waals surface area (Å²) in [6, 6.07) is 12.3. The molecule has 2 aromatic rings. The van der Waals surface area contributed by atoms with E-state index in [4.69, 9.17) is 42.4 Å². The Kier molecular flexibility index (Phi) is 27.2. The molecule has 0 saturated heterocycles. The lowest BCUT2D eigenvalue weighted by Gasteiger charge is -2.43. The van der Waals surface area contributed by atoms with E-state index in [9.17, 15) is 0 Å². The lowest BCUT2D eigenvalue weighted by Crippen LogP contribution is -2.37. The summed E-state index contributed by atoms with van der Waals surface area (Å²) in [5, 5.41) is 4.06. The van der Waals surface area contributed by atoms with Crippen LogP contribution < -0.4 is 0 Å². The largest absolute Gasteiger partial charge is 0.373 e. The number of hydrogen-bond acceptors (Lipinski definition) is 4. The van der Waals surface area contributed by atoms with E-state index < -0.39 is 0 Å². The summed E-state index contributed by atoms with van der Waals surface area (Å²) in [5.41, 5.74) is 3.33. The summed E-state index contributed by atoms with van der Waals surface area (Å²) in [4.78, 5) is 32.5. The van der Waals surface area contributed by atoms with Crippen LogP contribution >= 0.6 is 86.9 Å². The molecular formula is C33H46Br4Cl2O4. The van der Waals surface area contributed by atoms with Gasteiger partial charge in [0.1, 0.15) is 0 Å². The summed E-state index contributed by atoms with van der Waals surface area (Å²) in [6.07, 6.45) is 9.22. The number of hydrogen-bond donors (Lipinski definition) is 0. The average Bonchev–Trinajstić information content (AvgIpc) is 3.39. The minimum Gasteiger partial charge on any atom is -0.186 e. The molecule has 0 N–H and O–H groups in total. The normalized spacial score (nSPS) is 12.9. The third kappa shape index (κ3) is 19.7. The summed E-state index contributed by atoms with van der Waals surface area (Å²) in [7, 11) is 0. The topological polar surface area (TPSA) is 68.3 Å². The van der Waals surface area contributed by atoms with E-state index in [1.165, 1.54) is 49.7 Å². The maximum absolute atomic E-state index is 8.12. The highest BCUT2D eigenvalue weighted by atomic mass is 79.9. The van der Waals surface area contributed by atoms with E-state index in [0.29, 0.717) is 0 Å². The van der Waals surface area contributed by atoms with Crippen LogP contribution in [0.15, 0.2) is 45.3 Å². The average molecular weight is 897 g/mol. The standard InChI is InChI=1S/C15H20BrCl.C11H14BrCl.C4H8Br2.2CO2.CH4/c1-14(2,3)15(8-4-5-9-15)12-10-11(16)6-7-13(12)17;1-11(2,3)7-8-6-9(12)4-5-10(8)13;5-3-1-2-4-6;2*2-1-3;/h6-7,10H,4-5,8-9H2,1-3H3;4-6H,7H2,1-3H3;1-4H2;;;1H4. The zero-order valence-corrected chi connectivity index (χ0v) is 33.1. The Labute approximate surface area is 303 Å². The molecule has 244 valence electrons. The van der Waals surface area contributed by atoms with Gasteiger partial charge in [-0.1, -0.05) is 149 Å². The van der Waals surface area contributed by atoms with Crippen LogP contribution in [0.3, 0.4) is 0 Å². The molecule has 0 atom stereocenters. The van der Waals surface area contributed by atoms with Crippen molar-refractivity contribution in [2.24, 2.45) is 10.8 Å². The summed E-state index contributed by atoms with van der Waals surface area (Å²) in [6.45, 7) is 13.7. The Balaban J connectivity index is -0.000000544. The second-order valence-electron chi connectivity index (χ2n) is 11.9. The van der Waals surface area contributed by atoms with Gasteiger partial charge in [-0.05, 0) is 90.5 Å². The Hall–Kier alpha value is -0.300. The van der Waals surface area contributed by atoms with Crippen LogP contribution in [0.2, 0.25) is 10.0 Å². The summed E-state index contributed by atoms with van der Waals surface area (Å²) >= 11 is 26.2. The van der Waals surface area contributed by atoms with Gasteiger partial charge in [-0.25, -0.2) is 0 Å². The molecule has 10 heteroatoms. The molecule has 1 aliphatic rings. The van der Waals surface area contributed by atoms with Crippen molar-refractivity contribution in [2.45, 2.75) is 99.3 Å². The quantitative estimate of drug-likeness (QED) is 0.221. The van der Waals surface area contributed by atoms with Crippen LogP contribution in [0.5, 0.6) is 0 Å². The molecule has 0 unspecified atom stereocenters. The van der Waals surface area contributed by atoms with E-state index in [1.54, 1.807) is 0 Å². The minimum atomic E-state index is 0. The van der Waals surface area contributed by atoms with Crippen molar-refractivity contribution in [1.82, 2.24) is 0 Å². The monoisotopic (exact) mass is 892 g/mol. The van der Waals surface area contributed by atoms with Crippen LogP contribution in [-0.2, 0) is 31.0 Å². The molecule has 3 rings (SSSR count). The highest BCUT2D eigenvalue weighted by molar-refractivity contribution is 9.11. The van der Waals surface area contributed by atoms with Gasteiger partial charge >= 0.3 is 12.3 Å². The minimum absolute atomic E-state index is 0. The second-order valence-corrected chi connectivity index (χ2v) is 16.1. The van der Waals surface area contributed by atoms with E-state index in [2.05, 4.69) is 117 Å². The summed E-state index contributed by atoms with van der Waals surface area (Å²) in [5.74, 6) is 0. The number of halogens is 6. The molecule has 4 nitrogen and oxygen atoms in total. The van der Waals surface area contributed by atoms with E-state index in [-0.39, 0.29) is 36.0 Å². The van der Waals surface area contributed by atoms with Crippen molar-refractivity contribution in [3.63, 3.8) is 0 Å². The first kappa shape index (κ1) is 47.1. The van der Waals surface area contributed by atoms with Gasteiger partial charge < -0.3 is 0 Å². The van der Waals surface area contributed by atoms with E-state index in [1.807, 2.05) is 24.3 Å². The van der Waals surface area contributed by atoms with Crippen LogP contribution in [0.25, 0.3) is 0 Å². The molecule has 0 spiro atoms. The molecule has 1 aliphatic carbocycles. The first-order valence-corrected chi connectivity index (χ1v) is 18.1. The third-order valence-electron chi connectivity index (χ3n) is 6.58. The Bertz CT molecular complexity index is 1090. The molecule has 1 saturated carbocycles. The summed E-state index contributed by atoms with van der Waals surface area (Å²) < 4.78 is 2.23. The molecule has 0 bridgehead atoms. The predicted molar refractivity (Wildman–Crippen MR) is 195 cm³/mol. The Morgan fingerprint density at radius 3 is 1.51 bits per heavy atom. The van der Waals surface area contributed by atoms with Gasteiger partial charge in [-0.2, -0.15) is 19.2 Å². The lowest BCUT2D eigenvalue weighted by atomic mass is 9.61. The third-order valence-corrected chi connectivity index (χ3v) is 9.39. The van der Waals surface area contributed by atoms with Gasteiger partial charge in [0.2, 0.25) is 0 Å². The van der Waals surface area contributed by atoms with Gasteiger partial charge in [0.05, 0.1) is 0 Å². The van der Waals surface area contributed by atoms with Gasteiger partial charge in [0, 0.05) is 35.1 Å². The highest BCUT2D eigenvalue weighted by Gasteiger charge is 2.46. The molecule has 0 amide bonds. The number of benzene rings is 2. The predicted octanol–water partition coefficient (Wildman–Crippen LogP) is 12.7. The van der Waals surface area contributed by atoms with Crippen molar-refractivity contribution in [2.75, 3.05) is 10.7 Å². The molecule has 0 heterocycles. The Morgan fingerprint density at radius 1 is 0.744 bits per heavy atom. The fraction of sp³-hybridized carbons (Fsp3) is 0.576. The SMILES string of the molecule is BrCCCCBr.C.CC(C)(C)C1(c2cc(Br)ccc2Cl)CCCC1.CC(C)(C)Cc1cc(Br)ccc1Cl.O=C=O.O=C=O. The second kappa shape index (κ2) is 24.9. The van der Waals surface area contributed by atoms with Crippen molar-refractivity contribution in [1.29, 1.82) is 0 Å². The number of unbranched alkanes of at least 4 members (excludes halogenated alkanes) is 1. The van der Waals surface area contributed by atoms with Crippen molar-refractivity contribution >= 4 is 99.2 Å². The van der Waals surface area contributed by atoms with E-state index in [0.717, 1.165) is 36.1 Å². The van der Waals surface area contributed by atoms with Crippen LogP contribution in [0.4, 0.5) is 0 Å². The van der Waals surface area contributed by atoms with Crippen LogP contribution in [0, 0.1) is 10.8 Å². The van der Waals surface area contributed by atoms with Crippen molar-refractivity contribution < 1.29 is 19.2 Å². The zero-order valence-electron chi connectivity index (χ0n) is 25.2. The van der Waals surface area contributed by atoms with Crippen molar-refractivity contribution in [3.8, 4) is 0 Å². The number of rotatable bonds is 5. The maximum Gasteiger partial charge on any atom is 0.373 e. The fourth-order valence-corrected chi connectivity index (χ4v) is 6.75. The van der Waals surface area contributed by atoms with Gasteiger partial charge in [0.15, 0.2) is 0 Å². The van der Waals surface area contributed by atoms with Gasteiger partial charge in [0.25, 0.3) is 0 Å². The lowest BCUT2D eigenvalue weighted by molar-refractivity contribution is -0.193. The van der Waals surface area contributed by atoms with Gasteiger partial charge in [-0.3, -0.25) is 0 Å². The zero-order chi connectivity index (χ0) is 33.0. The fourth-order valence-electron chi connectivity index (χ4n) is 4.71. The van der Waals surface area contributed by atoms with Gasteiger partial charge in [-0.15, -0.1) is 0 Å². The molecule has 0 radical (unpaired) electrons. The maximum atomic E-state index is 8.12. The van der Waals surface area contributed by atoms with Crippen LogP contribution in [-0.4, -0.2) is 23.0 Å². The molecule has 43 heavy (non-hydrogen) atoms.